The Labute approximate surface area is 251 Å². The summed E-state index contributed by atoms with van der Waals surface area (Å²) in [7, 11) is 0.631. The second-order valence-electron chi connectivity index (χ2n) is 10.3. The first-order valence-corrected chi connectivity index (χ1v) is 15.4. The van der Waals surface area contributed by atoms with E-state index >= 15 is 0 Å². The van der Waals surface area contributed by atoms with E-state index < -0.39 is 34.0 Å². The van der Waals surface area contributed by atoms with Crippen LogP contribution in [0.5, 0.6) is 11.5 Å². The maximum absolute atomic E-state index is 13.4. The van der Waals surface area contributed by atoms with E-state index in [2.05, 4.69) is 5.32 Å². The highest BCUT2D eigenvalue weighted by atomic mass is 32.2. The Morgan fingerprint density at radius 2 is 1.56 bits per heavy atom. The van der Waals surface area contributed by atoms with Crippen LogP contribution < -0.4 is 14.8 Å². The molecular weight excluding hydrogens is 568 g/mol. The molecule has 1 N–H and O–H groups in total. The van der Waals surface area contributed by atoms with E-state index in [0.717, 1.165) is 27.5 Å². The largest absolute Gasteiger partial charge is 0.496 e. The van der Waals surface area contributed by atoms with Crippen molar-refractivity contribution in [1.29, 1.82) is 0 Å². The molecule has 43 heavy (non-hydrogen) atoms. The predicted molar refractivity (Wildman–Crippen MR) is 163 cm³/mol. The van der Waals surface area contributed by atoms with Crippen molar-refractivity contribution in [3.05, 3.63) is 90.5 Å². The number of ether oxygens (including phenoxy) is 3. The molecule has 1 aliphatic heterocycles. The summed E-state index contributed by atoms with van der Waals surface area (Å²) in [5.74, 6) is 0.264. The summed E-state index contributed by atoms with van der Waals surface area (Å²) in [6.07, 6.45) is 1.08. The van der Waals surface area contributed by atoms with E-state index in [1.807, 2.05) is 54.6 Å². The van der Waals surface area contributed by atoms with Gasteiger partial charge in [-0.05, 0) is 65.1 Å². The zero-order chi connectivity index (χ0) is 30.6. The number of carbonyl (C=O) groups excluding carboxylic acids is 2. The Morgan fingerprint density at radius 1 is 0.884 bits per heavy atom. The van der Waals surface area contributed by atoms with Gasteiger partial charge in [0.25, 0.3) is 0 Å². The van der Waals surface area contributed by atoms with Crippen molar-refractivity contribution in [2.75, 3.05) is 27.9 Å². The fourth-order valence-corrected chi connectivity index (χ4v) is 7.25. The van der Waals surface area contributed by atoms with Crippen LogP contribution >= 0.6 is 0 Å². The van der Waals surface area contributed by atoms with E-state index in [0.29, 0.717) is 24.3 Å². The van der Waals surface area contributed by atoms with Crippen molar-refractivity contribution in [2.24, 2.45) is 0 Å². The predicted octanol–water partition coefficient (Wildman–Crippen LogP) is 4.58. The van der Waals surface area contributed by atoms with Crippen molar-refractivity contribution in [3.8, 4) is 22.6 Å². The maximum Gasteiger partial charge on any atom is 0.328 e. The van der Waals surface area contributed by atoms with Gasteiger partial charge in [0, 0.05) is 13.0 Å². The SMILES string of the molecule is COC(=O)C(Cc1ccc2cc(-c3c(OC)cccc3OC)ccc2c1)NC(=O)C1CCCN1S(=O)(=O)c1ccccc1. The van der Waals surface area contributed by atoms with Gasteiger partial charge in [-0.1, -0.05) is 54.6 Å². The van der Waals surface area contributed by atoms with Gasteiger partial charge in [0.15, 0.2) is 0 Å². The van der Waals surface area contributed by atoms with E-state index in [9.17, 15) is 18.0 Å². The van der Waals surface area contributed by atoms with Gasteiger partial charge in [-0.3, -0.25) is 4.79 Å². The molecule has 0 radical (unpaired) electrons. The first-order valence-electron chi connectivity index (χ1n) is 14.0. The van der Waals surface area contributed by atoms with E-state index in [1.165, 1.54) is 23.5 Å². The summed E-state index contributed by atoms with van der Waals surface area (Å²) >= 11 is 0. The molecule has 2 atom stereocenters. The van der Waals surface area contributed by atoms with Crippen LogP contribution in [0, 0.1) is 0 Å². The molecule has 1 heterocycles. The molecule has 10 heteroatoms. The summed E-state index contributed by atoms with van der Waals surface area (Å²) in [6.45, 7) is 0.228. The lowest BCUT2D eigenvalue weighted by atomic mass is 9.97. The number of hydrogen-bond acceptors (Lipinski definition) is 7. The molecule has 9 nitrogen and oxygen atoms in total. The number of rotatable bonds is 10. The van der Waals surface area contributed by atoms with Gasteiger partial charge in [0.1, 0.15) is 23.6 Å². The minimum atomic E-state index is -3.87. The van der Waals surface area contributed by atoms with Crippen molar-refractivity contribution >= 4 is 32.7 Å². The average Bonchev–Trinajstić information content (AvgIpc) is 3.55. The first kappa shape index (κ1) is 30.1. The van der Waals surface area contributed by atoms with Crippen LogP contribution in [0.4, 0.5) is 0 Å². The quantitative estimate of drug-likeness (QED) is 0.265. The summed E-state index contributed by atoms with van der Waals surface area (Å²) in [5, 5.41) is 4.69. The summed E-state index contributed by atoms with van der Waals surface area (Å²) in [6, 6.07) is 23.6. The Hall–Kier alpha value is -4.41. The molecule has 1 fully saturated rings. The fraction of sp³-hybridized carbons (Fsp3) is 0.273. The average molecular weight is 603 g/mol. The number of methoxy groups -OCH3 is 3. The number of fused-ring (bicyclic) bond motifs is 1. The molecule has 1 saturated heterocycles. The highest BCUT2D eigenvalue weighted by Gasteiger charge is 2.40. The van der Waals surface area contributed by atoms with Crippen molar-refractivity contribution in [1.82, 2.24) is 9.62 Å². The van der Waals surface area contributed by atoms with Gasteiger partial charge in [-0.25, -0.2) is 13.2 Å². The lowest BCUT2D eigenvalue weighted by Crippen LogP contribution is -2.51. The van der Waals surface area contributed by atoms with Gasteiger partial charge >= 0.3 is 5.97 Å². The van der Waals surface area contributed by atoms with Gasteiger partial charge in [0.2, 0.25) is 15.9 Å². The molecule has 4 aromatic rings. The number of sulfonamides is 1. The summed E-state index contributed by atoms with van der Waals surface area (Å²) in [4.78, 5) is 26.3. The minimum absolute atomic E-state index is 0.127. The molecule has 224 valence electrons. The van der Waals surface area contributed by atoms with Crippen LogP contribution in [0.1, 0.15) is 18.4 Å². The van der Waals surface area contributed by atoms with Crippen molar-refractivity contribution in [3.63, 3.8) is 0 Å². The van der Waals surface area contributed by atoms with Crippen LogP contribution in [-0.2, 0) is 30.8 Å². The zero-order valence-electron chi connectivity index (χ0n) is 24.3. The smallest absolute Gasteiger partial charge is 0.328 e. The zero-order valence-corrected chi connectivity index (χ0v) is 25.1. The normalized spacial score (nSPS) is 16.0. The number of benzene rings is 4. The van der Waals surface area contributed by atoms with Crippen LogP contribution in [-0.4, -0.2) is 64.6 Å². The number of esters is 1. The van der Waals surface area contributed by atoms with Crippen molar-refractivity contribution < 1.29 is 32.2 Å². The number of nitrogens with one attached hydrogen (secondary N) is 1. The molecule has 0 aromatic heterocycles. The third-order valence-electron chi connectivity index (χ3n) is 7.72. The van der Waals surface area contributed by atoms with Crippen molar-refractivity contribution in [2.45, 2.75) is 36.2 Å². The number of carbonyl (C=O) groups is 2. The Kier molecular flexibility index (Phi) is 8.98. The first-order chi connectivity index (χ1) is 20.8. The monoisotopic (exact) mass is 602 g/mol. The maximum atomic E-state index is 13.4. The van der Waals surface area contributed by atoms with Crippen LogP contribution in [0.15, 0.2) is 89.8 Å². The molecular formula is C33H34N2O7S. The molecule has 0 bridgehead atoms. The third kappa shape index (κ3) is 6.21. The molecule has 0 spiro atoms. The minimum Gasteiger partial charge on any atom is -0.496 e. The van der Waals surface area contributed by atoms with Gasteiger partial charge < -0.3 is 19.5 Å². The highest BCUT2D eigenvalue weighted by Crippen LogP contribution is 2.39. The summed E-state index contributed by atoms with van der Waals surface area (Å²) in [5.41, 5.74) is 2.59. The Bertz CT molecular complexity index is 1720. The molecule has 1 amide bonds. The fourth-order valence-electron chi connectivity index (χ4n) is 5.57. The van der Waals surface area contributed by atoms with E-state index in [1.54, 1.807) is 32.4 Å². The van der Waals surface area contributed by atoms with Crippen LogP contribution in [0.25, 0.3) is 21.9 Å². The summed E-state index contributed by atoms with van der Waals surface area (Å²) < 4.78 is 43.9. The Balaban J connectivity index is 1.36. The van der Waals surface area contributed by atoms with E-state index in [4.69, 9.17) is 14.2 Å². The topological polar surface area (TPSA) is 111 Å². The number of hydrogen-bond donors (Lipinski definition) is 1. The molecule has 4 aromatic carbocycles. The van der Waals surface area contributed by atoms with Crippen LogP contribution in [0.2, 0.25) is 0 Å². The molecule has 5 rings (SSSR count). The molecule has 1 aliphatic rings. The number of amides is 1. The van der Waals surface area contributed by atoms with Gasteiger partial charge in [-0.15, -0.1) is 0 Å². The second-order valence-corrected chi connectivity index (χ2v) is 12.2. The lowest BCUT2D eigenvalue weighted by Gasteiger charge is -2.25. The van der Waals surface area contributed by atoms with Crippen LogP contribution in [0.3, 0.4) is 0 Å². The number of nitrogens with zero attached hydrogens (tertiary/aromatic N) is 1. The second kappa shape index (κ2) is 12.8. The standard InChI is InChI=1S/C33H34N2O7S/c1-40-29-12-7-13-30(41-2)31(29)25-17-16-23-19-22(14-15-24(23)21-25)20-27(33(37)42-3)34-32(36)28-11-8-18-35(28)43(38,39)26-9-5-4-6-10-26/h4-7,9-10,12-17,19,21,27-28H,8,11,18,20H2,1-3H3,(H,34,36). The van der Waals surface area contributed by atoms with Gasteiger partial charge in [0.05, 0.1) is 31.8 Å². The lowest BCUT2D eigenvalue weighted by molar-refractivity contribution is -0.145. The molecule has 0 aliphatic carbocycles. The van der Waals surface area contributed by atoms with E-state index in [-0.39, 0.29) is 17.9 Å². The highest BCUT2D eigenvalue weighted by molar-refractivity contribution is 7.89. The third-order valence-corrected chi connectivity index (χ3v) is 9.64. The molecule has 0 saturated carbocycles. The molecule has 2 unspecified atom stereocenters. The Morgan fingerprint density at radius 3 is 2.23 bits per heavy atom. The van der Waals surface area contributed by atoms with Gasteiger partial charge in [-0.2, -0.15) is 4.31 Å².